The molecule has 0 aliphatic carbocycles. The SMILES string of the molecule is C=C(Nc1c(OC)cccc1OC)[C@H]1CCCO1. The van der Waals surface area contributed by atoms with Crippen LogP contribution < -0.4 is 14.8 Å². The van der Waals surface area contributed by atoms with Gasteiger partial charge in [0.05, 0.1) is 20.3 Å². The zero-order valence-electron chi connectivity index (χ0n) is 10.9. The van der Waals surface area contributed by atoms with Crippen LogP contribution in [-0.4, -0.2) is 26.9 Å². The van der Waals surface area contributed by atoms with Crippen LogP contribution in [0.1, 0.15) is 12.8 Å². The van der Waals surface area contributed by atoms with E-state index < -0.39 is 0 Å². The Labute approximate surface area is 108 Å². The van der Waals surface area contributed by atoms with E-state index >= 15 is 0 Å². The summed E-state index contributed by atoms with van der Waals surface area (Å²) in [4.78, 5) is 0. The Hall–Kier alpha value is -1.68. The van der Waals surface area contributed by atoms with Gasteiger partial charge >= 0.3 is 0 Å². The van der Waals surface area contributed by atoms with E-state index in [2.05, 4.69) is 11.9 Å². The molecular formula is C14H19NO3. The number of anilines is 1. The van der Waals surface area contributed by atoms with Crippen LogP contribution in [0, 0.1) is 0 Å². The van der Waals surface area contributed by atoms with Crippen molar-refractivity contribution in [2.24, 2.45) is 0 Å². The third-order valence-corrected chi connectivity index (χ3v) is 3.03. The van der Waals surface area contributed by atoms with Crippen molar-refractivity contribution in [3.8, 4) is 11.5 Å². The van der Waals surface area contributed by atoms with Crippen LogP contribution in [0.15, 0.2) is 30.5 Å². The minimum Gasteiger partial charge on any atom is -0.494 e. The average molecular weight is 249 g/mol. The highest BCUT2D eigenvalue weighted by atomic mass is 16.5. The minimum atomic E-state index is 0.0691. The molecule has 0 amide bonds. The summed E-state index contributed by atoms with van der Waals surface area (Å²) in [7, 11) is 3.27. The average Bonchev–Trinajstić information content (AvgIpc) is 2.93. The molecule has 0 radical (unpaired) electrons. The van der Waals surface area contributed by atoms with Gasteiger partial charge in [-0.2, -0.15) is 0 Å². The third kappa shape index (κ3) is 2.59. The molecule has 0 unspecified atom stereocenters. The first-order chi connectivity index (χ1) is 8.76. The number of methoxy groups -OCH3 is 2. The molecule has 1 heterocycles. The lowest BCUT2D eigenvalue weighted by atomic mass is 10.2. The number of hydrogen-bond donors (Lipinski definition) is 1. The molecular weight excluding hydrogens is 230 g/mol. The first kappa shape index (κ1) is 12.8. The molecule has 1 N–H and O–H groups in total. The molecule has 0 bridgehead atoms. The van der Waals surface area contributed by atoms with Crippen molar-refractivity contribution in [1.29, 1.82) is 0 Å². The van der Waals surface area contributed by atoms with Crippen LogP contribution in [-0.2, 0) is 4.74 Å². The molecule has 1 aromatic rings. The Bertz CT molecular complexity index is 403. The Balaban J connectivity index is 2.18. The third-order valence-electron chi connectivity index (χ3n) is 3.03. The van der Waals surface area contributed by atoms with Crippen LogP contribution in [0.25, 0.3) is 0 Å². The monoisotopic (exact) mass is 249 g/mol. The van der Waals surface area contributed by atoms with Gasteiger partial charge in [0, 0.05) is 12.3 Å². The summed E-state index contributed by atoms with van der Waals surface area (Å²) in [5.74, 6) is 1.46. The Morgan fingerprint density at radius 2 is 2.00 bits per heavy atom. The standard InChI is InChI=1S/C14H19NO3/c1-10(11-8-5-9-18-11)15-14-12(16-2)6-4-7-13(14)17-3/h4,6-7,11,15H,1,5,8-9H2,2-3H3/t11-/m1/s1. The molecule has 4 heteroatoms. The highest BCUT2D eigenvalue weighted by Gasteiger charge is 2.20. The van der Waals surface area contributed by atoms with Crippen molar-refractivity contribution in [1.82, 2.24) is 0 Å². The molecule has 2 rings (SSSR count). The van der Waals surface area contributed by atoms with E-state index in [1.54, 1.807) is 14.2 Å². The molecule has 1 atom stereocenters. The maximum absolute atomic E-state index is 5.59. The highest BCUT2D eigenvalue weighted by Crippen LogP contribution is 2.36. The van der Waals surface area contributed by atoms with Gasteiger partial charge in [-0.05, 0) is 25.0 Å². The fraction of sp³-hybridized carbons (Fsp3) is 0.429. The van der Waals surface area contributed by atoms with E-state index in [-0.39, 0.29) is 6.10 Å². The maximum Gasteiger partial charge on any atom is 0.146 e. The summed E-state index contributed by atoms with van der Waals surface area (Å²) in [5, 5.41) is 3.25. The number of para-hydroxylation sites is 1. The van der Waals surface area contributed by atoms with Crippen molar-refractivity contribution in [2.75, 3.05) is 26.1 Å². The normalized spacial score (nSPS) is 18.4. The van der Waals surface area contributed by atoms with Crippen LogP contribution in [0.3, 0.4) is 0 Å². The van der Waals surface area contributed by atoms with Gasteiger partial charge in [-0.15, -0.1) is 0 Å². The molecule has 0 saturated carbocycles. The van der Waals surface area contributed by atoms with E-state index in [9.17, 15) is 0 Å². The molecule has 18 heavy (non-hydrogen) atoms. The minimum absolute atomic E-state index is 0.0691. The zero-order valence-corrected chi connectivity index (χ0v) is 10.9. The quantitative estimate of drug-likeness (QED) is 0.871. The van der Waals surface area contributed by atoms with Crippen molar-refractivity contribution in [2.45, 2.75) is 18.9 Å². The fourth-order valence-corrected chi connectivity index (χ4v) is 2.07. The molecule has 1 saturated heterocycles. The first-order valence-electron chi connectivity index (χ1n) is 6.04. The lowest BCUT2D eigenvalue weighted by Crippen LogP contribution is -2.15. The number of hydrogen-bond acceptors (Lipinski definition) is 4. The summed E-state index contributed by atoms with van der Waals surface area (Å²) < 4.78 is 16.2. The Morgan fingerprint density at radius 3 is 2.50 bits per heavy atom. The van der Waals surface area contributed by atoms with Gasteiger partial charge < -0.3 is 19.5 Å². The topological polar surface area (TPSA) is 39.7 Å². The van der Waals surface area contributed by atoms with Gasteiger partial charge in [0.25, 0.3) is 0 Å². The molecule has 1 aliphatic heterocycles. The molecule has 1 aliphatic rings. The Morgan fingerprint density at radius 1 is 1.33 bits per heavy atom. The molecule has 0 aromatic heterocycles. The molecule has 1 fully saturated rings. The van der Waals surface area contributed by atoms with E-state index in [0.29, 0.717) is 0 Å². The van der Waals surface area contributed by atoms with E-state index in [1.165, 1.54) is 0 Å². The zero-order chi connectivity index (χ0) is 13.0. The van der Waals surface area contributed by atoms with E-state index in [1.807, 2.05) is 18.2 Å². The second-order valence-electron chi connectivity index (χ2n) is 4.19. The Kier molecular flexibility index (Phi) is 4.10. The lowest BCUT2D eigenvalue weighted by molar-refractivity contribution is 0.138. The highest BCUT2D eigenvalue weighted by molar-refractivity contribution is 5.68. The predicted molar refractivity (Wildman–Crippen MR) is 71.3 cm³/mol. The second-order valence-corrected chi connectivity index (χ2v) is 4.19. The summed E-state index contributed by atoms with van der Waals surface area (Å²) in [6, 6.07) is 5.65. The van der Waals surface area contributed by atoms with Crippen molar-refractivity contribution < 1.29 is 14.2 Å². The smallest absolute Gasteiger partial charge is 0.146 e. The molecule has 4 nitrogen and oxygen atoms in total. The first-order valence-corrected chi connectivity index (χ1v) is 6.04. The van der Waals surface area contributed by atoms with Gasteiger partial charge in [0.15, 0.2) is 0 Å². The summed E-state index contributed by atoms with van der Waals surface area (Å²) >= 11 is 0. The van der Waals surface area contributed by atoms with Crippen LogP contribution >= 0.6 is 0 Å². The predicted octanol–water partition coefficient (Wildman–Crippen LogP) is 2.81. The molecule has 1 aromatic carbocycles. The van der Waals surface area contributed by atoms with Crippen LogP contribution in [0.4, 0.5) is 5.69 Å². The lowest BCUT2D eigenvalue weighted by Gasteiger charge is -2.19. The molecule has 0 spiro atoms. The summed E-state index contributed by atoms with van der Waals surface area (Å²) in [6.45, 7) is 4.84. The summed E-state index contributed by atoms with van der Waals surface area (Å²) in [5.41, 5.74) is 1.64. The van der Waals surface area contributed by atoms with Crippen LogP contribution in [0.5, 0.6) is 11.5 Å². The molecule has 98 valence electrons. The van der Waals surface area contributed by atoms with Gasteiger partial charge in [0.2, 0.25) is 0 Å². The van der Waals surface area contributed by atoms with Crippen molar-refractivity contribution in [3.05, 3.63) is 30.5 Å². The van der Waals surface area contributed by atoms with E-state index in [4.69, 9.17) is 14.2 Å². The fourth-order valence-electron chi connectivity index (χ4n) is 2.07. The van der Waals surface area contributed by atoms with Crippen molar-refractivity contribution in [3.63, 3.8) is 0 Å². The number of ether oxygens (including phenoxy) is 3. The number of benzene rings is 1. The van der Waals surface area contributed by atoms with Gasteiger partial charge in [-0.3, -0.25) is 0 Å². The second kappa shape index (κ2) is 5.78. The van der Waals surface area contributed by atoms with Crippen LogP contribution in [0.2, 0.25) is 0 Å². The summed E-state index contributed by atoms with van der Waals surface area (Å²) in [6.07, 6.45) is 2.15. The number of nitrogens with one attached hydrogen (secondary N) is 1. The van der Waals surface area contributed by atoms with Gasteiger partial charge in [0.1, 0.15) is 17.2 Å². The van der Waals surface area contributed by atoms with E-state index in [0.717, 1.165) is 42.3 Å². The maximum atomic E-state index is 5.59. The van der Waals surface area contributed by atoms with Gasteiger partial charge in [-0.25, -0.2) is 0 Å². The number of rotatable bonds is 5. The van der Waals surface area contributed by atoms with Crippen molar-refractivity contribution >= 4 is 5.69 Å². The largest absolute Gasteiger partial charge is 0.494 e. The van der Waals surface area contributed by atoms with Gasteiger partial charge in [-0.1, -0.05) is 12.6 Å².